The van der Waals surface area contributed by atoms with E-state index in [0.717, 1.165) is 4.47 Å². The van der Waals surface area contributed by atoms with Crippen molar-refractivity contribution in [1.29, 1.82) is 0 Å². The van der Waals surface area contributed by atoms with Gasteiger partial charge in [0, 0.05) is 17.1 Å². The van der Waals surface area contributed by atoms with Crippen molar-refractivity contribution in [2.75, 3.05) is 19.6 Å². The lowest BCUT2D eigenvalue weighted by atomic mass is 9.74. The number of likely N-dealkylation sites (tertiary alicyclic amines) is 1. The zero-order chi connectivity index (χ0) is 14.6. The van der Waals surface area contributed by atoms with E-state index in [2.05, 4.69) is 58.9 Å². The normalized spacial score (nSPS) is 20.8. The largest absolute Gasteiger partial charge is 0.329 e. The molecular weight excluding hydrogens is 312 g/mol. The summed E-state index contributed by atoms with van der Waals surface area (Å²) < 4.78 is 1.13. The lowest BCUT2D eigenvalue weighted by Gasteiger charge is -2.44. The van der Waals surface area contributed by atoms with Gasteiger partial charge in [-0.15, -0.1) is 0 Å². The molecule has 0 spiro atoms. The van der Waals surface area contributed by atoms with E-state index in [4.69, 9.17) is 5.73 Å². The van der Waals surface area contributed by atoms with Gasteiger partial charge in [0.25, 0.3) is 0 Å². The van der Waals surface area contributed by atoms with E-state index in [-0.39, 0.29) is 0 Å². The molecule has 1 aromatic rings. The third-order valence-electron chi connectivity index (χ3n) is 5.28. The Morgan fingerprint density at radius 3 is 2.15 bits per heavy atom. The monoisotopic (exact) mass is 338 g/mol. The SMILES string of the molecule is CCC1(CC)CCN(C(CN)c2ccc(Br)cc2)CC1. The maximum absolute atomic E-state index is 6.05. The number of hydrogen-bond donors (Lipinski definition) is 1. The van der Waals surface area contributed by atoms with Gasteiger partial charge in [-0.2, -0.15) is 0 Å². The minimum absolute atomic E-state index is 0.370. The third kappa shape index (κ3) is 3.44. The van der Waals surface area contributed by atoms with Gasteiger partial charge in [0.15, 0.2) is 0 Å². The van der Waals surface area contributed by atoms with E-state index < -0.39 is 0 Å². The molecule has 2 N–H and O–H groups in total. The molecule has 20 heavy (non-hydrogen) atoms. The average Bonchev–Trinajstić information content (AvgIpc) is 2.51. The van der Waals surface area contributed by atoms with Crippen LogP contribution in [-0.2, 0) is 0 Å². The van der Waals surface area contributed by atoms with Gasteiger partial charge in [-0.25, -0.2) is 0 Å². The van der Waals surface area contributed by atoms with Gasteiger partial charge in [-0.1, -0.05) is 54.8 Å². The lowest BCUT2D eigenvalue weighted by Crippen LogP contribution is -2.43. The maximum Gasteiger partial charge on any atom is 0.0470 e. The molecule has 1 saturated heterocycles. The summed E-state index contributed by atoms with van der Waals surface area (Å²) in [4.78, 5) is 2.58. The molecular formula is C17H27BrN2. The van der Waals surface area contributed by atoms with Gasteiger partial charge >= 0.3 is 0 Å². The second-order valence-electron chi connectivity index (χ2n) is 6.05. The summed E-state index contributed by atoms with van der Waals surface area (Å²) >= 11 is 3.50. The lowest BCUT2D eigenvalue weighted by molar-refractivity contribution is 0.0680. The average molecular weight is 339 g/mol. The fourth-order valence-corrected chi connectivity index (χ4v) is 3.71. The first-order chi connectivity index (χ1) is 9.64. The molecule has 1 aromatic carbocycles. The Kier molecular flexibility index (Phi) is 5.65. The molecule has 1 atom stereocenters. The number of piperidine rings is 1. The standard InChI is InChI=1S/C17H27BrN2/c1-3-17(4-2)9-11-20(12-10-17)16(13-19)14-5-7-15(18)8-6-14/h5-8,16H,3-4,9-13,19H2,1-2H3. The molecule has 0 radical (unpaired) electrons. The highest BCUT2D eigenvalue weighted by Gasteiger charge is 2.33. The van der Waals surface area contributed by atoms with Crippen LogP contribution in [0.2, 0.25) is 0 Å². The van der Waals surface area contributed by atoms with Gasteiger partial charge in [0.05, 0.1) is 0 Å². The first kappa shape index (κ1) is 16.0. The first-order valence-electron chi connectivity index (χ1n) is 7.83. The molecule has 1 aliphatic heterocycles. The second kappa shape index (κ2) is 7.06. The van der Waals surface area contributed by atoms with Crippen molar-refractivity contribution >= 4 is 15.9 Å². The van der Waals surface area contributed by atoms with Crippen LogP contribution in [0, 0.1) is 5.41 Å². The Balaban J connectivity index is 2.05. The molecule has 0 aromatic heterocycles. The summed E-state index contributed by atoms with van der Waals surface area (Å²) in [6.45, 7) is 7.74. The van der Waals surface area contributed by atoms with Crippen LogP contribution in [0.5, 0.6) is 0 Å². The predicted octanol–water partition coefficient (Wildman–Crippen LogP) is 4.35. The quantitative estimate of drug-likeness (QED) is 0.864. The van der Waals surface area contributed by atoms with E-state index in [1.807, 2.05) is 0 Å². The summed E-state index contributed by atoms with van der Waals surface area (Å²) in [5, 5.41) is 0. The van der Waals surface area contributed by atoms with Crippen LogP contribution in [0.1, 0.15) is 51.1 Å². The van der Waals surface area contributed by atoms with Crippen LogP contribution in [0.25, 0.3) is 0 Å². The number of nitrogens with two attached hydrogens (primary N) is 1. The van der Waals surface area contributed by atoms with E-state index in [0.29, 0.717) is 18.0 Å². The van der Waals surface area contributed by atoms with Crippen molar-refractivity contribution in [3.8, 4) is 0 Å². The van der Waals surface area contributed by atoms with E-state index in [9.17, 15) is 0 Å². The Labute approximate surface area is 131 Å². The molecule has 1 unspecified atom stereocenters. The molecule has 112 valence electrons. The zero-order valence-corrected chi connectivity index (χ0v) is 14.3. The molecule has 0 saturated carbocycles. The maximum atomic E-state index is 6.05. The van der Waals surface area contributed by atoms with Gasteiger partial charge in [-0.05, 0) is 49.0 Å². The molecule has 3 heteroatoms. The Bertz CT molecular complexity index is 402. The van der Waals surface area contributed by atoms with E-state index >= 15 is 0 Å². The topological polar surface area (TPSA) is 29.3 Å². The number of hydrogen-bond acceptors (Lipinski definition) is 2. The fourth-order valence-electron chi connectivity index (χ4n) is 3.45. The number of halogens is 1. The van der Waals surface area contributed by atoms with Gasteiger partial charge < -0.3 is 5.73 Å². The van der Waals surface area contributed by atoms with Crippen molar-refractivity contribution < 1.29 is 0 Å². The summed E-state index contributed by atoms with van der Waals surface area (Å²) in [5.74, 6) is 0. The fraction of sp³-hybridized carbons (Fsp3) is 0.647. The van der Waals surface area contributed by atoms with E-state index in [1.165, 1.54) is 44.3 Å². The number of nitrogens with zero attached hydrogens (tertiary/aromatic N) is 1. The van der Waals surface area contributed by atoms with Crippen LogP contribution < -0.4 is 5.73 Å². The minimum atomic E-state index is 0.370. The van der Waals surface area contributed by atoms with Gasteiger partial charge in [-0.3, -0.25) is 4.90 Å². The minimum Gasteiger partial charge on any atom is -0.329 e. The third-order valence-corrected chi connectivity index (χ3v) is 5.81. The van der Waals surface area contributed by atoms with Crippen molar-refractivity contribution in [2.24, 2.45) is 11.1 Å². The van der Waals surface area contributed by atoms with Crippen molar-refractivity contribution in [3.63, 3.8) is 0 Å². The summed E-state index contributed by atoms with van der Waals surface area (Å²) in [6, 6.07) is 9.00. The van der Waals surface area contributed by atoms with Crippen LogP contribution in [-0.4, -0.2) is 24.5 Å². The Morgan fingerprint density at radius 1 is 1.15 bits per heavy atom. The first-order valence-corrected chi connectivity index (χ1v) is 8.63. The molecule has 0 amide bonds. The smallest absolute Gasteiger partial charge is 0.0470 e. The zero-order valence-electron chi connectivity index (χ0n) is 12.7. The predicted molar refractivity (Wildman–Crippen MR) is 89.8 cm³/mol. The molecule has 1 aliphatic rings. The molecule has 2 nitrogen and oxygen atoms in total. The molecule has 0 aliphatic carbocycles. The Hall–Kier alpha value is -0.380. The van der Waals surface area contributed by atoms with Crippen LogP contribution >= 0.6 is 15.9 Å². The van der Waals surface area contributed by atoms with Crippen LogP contribution in [0.15, 0.2) is 28.7 Å². The summed E-state index contributed by atoms with van der Waals surface area (Å²) in [7, 11) is 0. The highest BCUT2D eigenvalue weighted by atomic mass is 79.9. The van der Waals surface area contributed by atoms with Gasteiger partial charge in [0.1, 0.15) is 0 Å². The van der Waals surface area contributed by atoms with E-state index in [1.54, 1.807) is 0 Å². The number of benzene rings is 1. The highest BCUT2D eigenvalue weighted by molar-refractivity contribution is 9.10. The highest BCUT2D eigenvalue weighted by Crippen LogP contribution is 2.39. The summed E-state index contributed by atoms with van der Waals surface area (Å²) in [5.41, 5.74) is 7.98. The Morgan fingerprint density at radius 2 is 1.70 bits per heavy atom. The molecule has 1 fully saturated rings. The van der Waals surface area contributed by atoms with Gasteiger partial charge in [0.2, 0.25) is 0 Å². The van der Waals surface area contributed by atoms with Crippen LogP contribution in [0.3, 0.4) is 0 Å². The molecule has 1 heterocycles. The van der Waals surface area contributed by atoms with Crippen molar-refractivity contribution in [1.82, 2.24) is 4.90 Å². The summed E-state index contributed by atoms with van der Waals surface area (Å²) in [6.07, 6.45) is 5.24. The second-order valence-corrected chi connectivity index (χ2v) is 6.96. The van der Waals surface area contributed by atoms with Crippen molar-refractivity contribution in [2.45, 2.75) is 45.6 Å². The molecule has 2 rings (SSSR count). The number of rotatable bonds is 5. The van der Waals surface area contributed by atoms with Crippen molar-refractivity contribution in [3.05, 3.63) is 34.3 Å². The van der Waals surface area contributed by atoms with Crippen LogP contribution in [0.4, 0.5) is 0 Å². The molecule has 0 bridgehead atoms.